The quantitative estimate of drug-likeness (QED) is 0.0501. The van der Waals surface area contributed by atoms with Gasteiger partial charge in [-0.25, -0.2) is 4.98 Å². The Hall–Kier alpha value is -10.2. The molecule has 0 radical (unpaired) electrons. The molecule has 0 spiro atoms. The Balaban J connectivity index is 0.000000115. The molecule has 628 valence electrons. The Morgan fingerprint density at radius 2 is 0.893 bits per heavy atom. The van der Waals surface area contributed by atoms with E-state index >= 15 is 0 Å². The maximum atomic E-state index is 5.43. The molecule has 0 atom stereocenters. The van der Waals surface area contributed by atoms with Gasteiger partial charge in [0.25, 0.3) is 0 Å². The molecule has 6 saturated heterocycles. The monoisotopic (exact) mass is 1610 g/mol. The third kappa shape index (κ3) is 22.6. The normalized spacial score (nSPS) is 18.1. The van der Waals surface area contributed by atoms with E-state index < -0.39 is 0 Å². The van der Waals surface area contributed by atoms with Crippen molar-refractivity contribution in [3.8, 4) is 11.3 Å². The zero-order valence-corrected chi connectivity index (χ0v) is 72.1. The molecular weight excluding hydrogens is 1480 g/mol. The minimum atomic E-state index is 0.585. The van der Waals surface area contributed by atoms with Gasteiger partial charge in [0.05, 0.1) is 13.2 Å². The fourth-order valence-electron chi connectivity index (χ4n) is 20.0. The fourth-order valence-corrected chi connectivity index (χ4v) is 20.0. The molecule has 8 aromatic carbocycles. The maximum Gasteiger partial charge on any atom is 0.138 e. The van der Waals surface area contributed by atoms with Crippen LogP contribution >= 0.6 is 0 Å². The summed E-state index contributed by atoms with van der Waals surface area (Å²) in [5, 5.41) is 13.0. The van der Waals surface area contributed by atoms with Crippen molar-refractivity contribution in [3.63, 3.8) is 0 Å². The summed E-state index contributed by atoms with van der Waals surface area (Å²) in [7, 11) is 1.98. The predicted octanol–water partition coefficient (Wildman–Crippen LogP) is 20.7. The van der Waals surface area contributed by atoms with E-state index in [4.69, 9.17) is 4.74 Å². The third-order valence-corrected chi connectivity index (χ3v) is 27.6. The number of allylic oxidation sites excluding steroid dienone is 3. The molecule has 20 rings (SSSR count). The van der Waals surface area contributed by atoms with Gasteiger partial charge in [-0.2, -0.15) is 5.10 Å². The van der Waals surface area contributed by atoms with E-state index in [1.165, 1.54) is 253 Å². The predicted molar refractivity (Wildman–Crippen MR) is 506 cm³/mol. The van der Waals surface area contributed by atoms with Crippen LogP contribution < -0.4 is 30.2 Å². The molecule has 0 amide bonds. The number of pyridine rings is 1. The number of rotatable bonds is 24. The van der Waals surface area contributed by atoms with Crippen molar-refractivity contribution in [2.75, 3.05) is 131 Å². The zero-order valence-electron chi connectivity index (χ0n) is 72.1. The summed E-state index contributed by atoms with van der Waals surface area (Å²) in [6, 6.07) is 78.9. The molecule has 14 nitrogen and oxygen atoms in total. The number of ether oxygens (including phenoxy) is 1. The summed E-state index contributed by atoms with van der Waals surface area (Å²) in [5.74, 6) is 3.80. The SMILES string of the molecule is C1=C(c2cccc(N3CCC(NCCCN4CCOCC4)CC3)c2)Cc2ccccc21.C1=C(c2cccc(N3CCC(NCc4cccnc4)CC3)c2)Cc2ccccc21.CC1CCN(CCCC2CCN(c3cccc(-c4cc5ccccc5[nH]4)c3)CC2)CC1.Cn1ncnc1CCCC1CCN(c2cccc(C3=Cc4ccccc4C3)c2)CC1. The van der Waals surface area contributed by atoms with Crippen molar-refractivity contribution in [2.45, 2.75) is 148 Å². The van der Waals surface area contributed by atoms with E-state index in [9.17, 15) is 0 Å². The van der Waals surface area contributed by atoms with Gasteiger partial charge in [0.1, 0.15) is 12.2 Å². The molecular formula is C107H129N13O. The second-order valence-electron chi connectivity index (χ2n) is 35.9. The number of benzene rings is 8. The van der Waals surface area contributed by atoms with E-state index in [1.54, 1.807) is 6.33 Å². The summed E-state index contributed by atoms with van der Waals surface area (Å²) in [5.41, 5.74) is 27.3. The zero-order chi connectivity index (χ0) is 81.7. The highest BCUT2D eigenvalue weighted by atomic mass is 16.5. The molecule has 9 heterocycles. The molecule has 0 bridgehead atoms. The minimum absolute atomic E-state index is 0.585. The number of hydrogen-bond donors (Lipinski definition) is 3. The second kappa shape index (κ2) is 41.6. The Kier molecular flexibility index (Phi) is 28.6. The number of para-hydroxylation sites is 1. The van der Waals surface area contributed by atoms with E-state index in [-0.39, 0.29) is 0 Å². The van der Waals surface area contributed by atoms with Crippen LogP contribution in [0.5, 0.6) is 0 Å². The maximum absolute atomic E-state index is 5.43. The van der Waals surface area contributed by atoms with Gasteiger partial charge in [-0.1, -0.05) is 171 Å². The Morgan fingerprint density at radius 1 is 0.430 bits per heavy atom. The van der Waals surface area contributed by atoms with Gasteiger partial charge in [-0.05, 0) is 311 Å². The van der Waals surface area contributed by atoms with Crippen molar-refractivity contribution in [1.29, 1.82) is 0 Å². The highest BCUT2D eigenvalue weighted by Crippen LogP contribution is 2.39. The number of hydrogen-bond acceptors (Lipinski definition) is 12. The topological polar surface area (TPSA) is 112 Å². The molecule has 6 fully saturated rings. The van der Waals surface area contributed by atoms with E-state index in [0.29, 0.717) is 12.1 Å². The number of aryl methyl sites for hydroxylation is 2. The number of nitrogens with one attached hydrogen (secondary N) is 3. The summed E-state index contributed by atoms with van der Waals surface area (Å²) in [6.07, 6.45) is 36.1. The third-order valence-electron chi connectivity index (χ3n) is 27.6. The first-order valence-electron chi connectivity index (χ1n) is 46.3. The number of aromatic amines is 1. The second-order valence-corrected chi connectivity index (χ2v) is 35.9. The van der Waals surface area contributed by atoms with Crippen LogP contribution in [0.4, 0.5) is 22.7 Å². The largest absolute Gasteiger partial charge is 0.379 e. The lowest BCUT2D eigenvalue weighted by Crippen LogP contribution is -2.43. The molecule has 0 unspecified atom stereocenters. The number of nitrogens with zero attached hydrogens (tertiary/aromatic N) is 10. The van der Waals surface area contributed by atoms with Crippen molar-refractivity contribution < 1.29 is 4.74 Å². The van der Waals surface area contributed by atoms with Gasteiger partial charge < -0.3 is 44.9 Å². The number of fused-ring (bicyclic) bond motifs is 4. The molecule has 121 heavy (non-hydrogen) atoms. The van der Waals surface area contributed by atoms with Gasteiger partial charge >= 0.3 is 0 Å². The molecule has 14 heteroatoms. The number of anilines is 4. The first kappa shape index (κ1) is 83.1. The van der Waals surface area contributed by atoms with Crippen LogP contribution in [-0.2, 0) is 44.0 Å². The van der Waals surface area contributed by atoms with Crippen LogP contribution in [0.15, 0.2) is 231 Å². The van der Waals surface area contributed by atoms with Gasteiger partial charge in [0.2, 0.25) is 0 Å². The summed E-state index contributed by atoms with van der Waals surface area (Å²) in [6.45, 7) is 22.8. The van der Waals surface area contributed by atoms with E-state index in [0.717, 1.165) is 128 Å². The van der Waals surface area contributed by atoms with Crippen molar-refractivity contribution in [2.24, 2.45) is 24.8 Å². The van der Waals surface area contributed by atoms with Crippen molar-refractivity contribution in [1.82, 2.24) is 45.2 Å². The molecule has 0 saturated carbocycles. The highest BCUT2D eigenvalue weighted by Gasteiger charge is 2.27. The molecule has 11 aromatic rings. The van der Waals surface area contributed by atoms with Crippen LogP contribution in [0, 0.1) is 17.8 Å². The van der Waals surface area contributed by atoms with Gasteiger partial charge in [0, 0.05) is 149 Å². The standard InChI is InChI=1S/C28H37N3.C27H35N3O.C26H30N4.C26H27N3/c1-22-11-16-30(17-12-22)15-5-6-23-13-18-31(19-14-23)26-9-4-8-24(20-26)28-21-25-7-2-3-10-27(25)29-28;1-2-6-23-20-25(19-22(23)5-1)24-7-3-8-27(21-24)30-13-9-26(10-14-30)28-11-4-12-29-15-17-31-18-16-29;1-29-26(27-19-28-29)11-4-6-20-12-14-30(15-13-20)25-10-5-9-23(18-25)24-16-21-7-2-3-8-22(21)17-24;1-2-7-22-16-24(15-21(22)6-1)23-8-3-9-26(17-23)29-13-10-25(11-14-29)28-19-20-5-4-12-27-18-20/h2-4,7-10,20-23,29H,5-6,11-19H2,1H3;1-3,5-8,19,21,26,28H,4,9-18,20H2;2-3,5,7-10,16,18-20H,4,6,11-15,17H2,1H3;1-9,12,15,17-18,25,28H,10-11,13-14,16,19H2. The van der Waals surface area contributed by atoms with Gasteiger partial charge in [0.15, 0.2) is 0 Å². The Bertz CT molecular complexity index is 5170. The minimum Gasteiger partial charge on any atom is -0.379 e. The number of H-pyrrole nitrogens is 1. The van der Waals surface area contributed by atoms with Crippen molar-refractivity contribution >= 4 is 68.6 Å². The van der Waals surface area contributed by atoms with Crippen molar-refractivity contribution in [3.05, 3.63) is 293 Å². The number of morpholine rings is 1. The number of likely N-dealkylation sites (tertiary alicyclic amines) is 1. The van der Waals surface area contributed by atoms with Crippen LogP contribution in [0.25, 0.3) is 57.1 Å². The average molecular weight is 1610 g/mol. The number of piperidine rings is 5. The molecule has 3 aromatic heterocycles. The van der Waals surface area contributed by atoms with E-state index in [1.807, 2.05) is 30.2 Å². The van der Waals surface area contributed by atoms with Crippen LogP contribution in [0.1, 0.15) is 165 Å². The van der Waals surface area contributed by atoms with Gasteiger partial charge in [-0.15, -0.1) is 0 Å². The molecule has 6 aliphatic heterocycles. The summed E-state index contributed by atoms with van der Waals surface area (Å²) < 4.78 is 7.33. The lowest BCUT2D eigenvalue weighted by Gasteiger charge is -2.34. The highest BCUT2D eigenvalue weighted by molar-refractivity contribution is 5.92. The summed E-state index contributed by atoms with van der Waals surface area (Å²) in [4.78, 5) is 27.6. The Labute approximate surface area is 721 Å². The lowest BCUT2D eigenvalue weighted by atomic mass is 9.91. The number of aromatic nitrogens is 5. The van der Waals surface area contributed by atoms with Crippen LogP contribution in [-0.4, -0.2) is 158 Å². The van der Waals surface area contributed by atoms with Gasteiger partial charge in [-0.3, -0.25) is 14.6 Å². The Morgan fingerprint density at radius 3 is 1.39 bits per heavy atom. The lowest BCUT2D eigenvalue weighted by molar-refractivity contribution is 0.0373. The van der Waals surface area contributed by atoms with E-state index in [2.05, 4.69) is 291 Å². The molecule has 9 aliphatic rings. The average Bonchev–Trinajstić information content (AvgIpc) is 1.74. The summed E-state index contributed by atoms with van der Waals surface area (Å²) >= 11 is 0. The van der Waals surface area contributed by atoms with Crippen LogP contribution in [0.2, 0.25) is 0 Å². The van der Waals surface area contributed by atoms with Crippen LogP contribution in [0.3, 0.4) is 0 Å². The molecule has 3 N–H and O–H groups in total. The fraction of sp³-hybridized carbons (Fsp3) is 0.411. The smallest absolute Gasteiger partial charge is 0.138 e. The molecule has 3 aliphatic carbocycles. The first-order valence-corrected chi connectivity index (χ1v) is 46.3. The first-order chi connectivity index (χ1) is 59.7.